The monoisotopic (exact) mass is 608 g/mol. The molecule has 6 rings (SSSR count). The summed E-state index contributed by atoms with van der Waals surface area (Å²) in [5.74, 6) is -0.585. The molecule has 0 atom stereocenters. The Kier molecular flexibility index (Phi) is 7.67. The van der Waals surface area contributed by atoms with Gasteiger partial charge in [-0.1, -0.05) is 35.9 Å². The molecule has 3 aromatic carbocycles. The minimum absolute atomic E-state index is 0.0891. The molecule has 3 aromatic heterocycles. The molecule has 0 saturated heterocycles. The van der Waals surface area contributed by atoms with E-state index in [0.29, 0.717) is 60.7 Å². The highest BCUT2D eigenvalue weighted by molar-refractivity contribution is 7.13. The van der Waals surface area contributed by atoms with Crippen LogP contribution in [-0.4, -0.2) is 34.4 Å². The van der Waals surface area contributed by atoms with Crippen molar-refractivity contribution in [2.24, 2.45) is 0 Å². The molecular formula is C33H25ClN4O4S. The summed E-state index contributed by atoms with van der Waals surface area (Å²) in [4.78, 5) is 45.8. The zero-order valence-corrected chi connectivity index (χ0v) is 24.8. The second-order valence-corrected chi connectivity index (χ2v) is 11.2. The van der Waals surface area contributed by atoms with Gasteiger partial charge in [0, 0.05) is 27.1 Å². The largest absolute Gasteiger partial charge is 0.497 e. The summed E-state index contributed by atoms with van der Waals surface area (Å²) < 4.78 is 7.00. The van der Waals surface area contributed by atoms with E-state index in [4.69, 9.17) is 21.3 Å². The van der Waals surface area contributed by atoms with Crippen molar-refractivity contribution in [1.82, 2.24) is 20.4 Å². The molecule has 0 radical (unpaired) electrons. The number of fused-ring (bicyclic) bond motifs is 2. The van der Waals surface area contributed by atoms with Crippen molar-refractivity contribution < 1.29 is 19.1 Å². The lowest BCUT2D eigenvalue weighted by atomic mass is 10.1. The Morgan fingerprint density at radius 3 is 2.47 bits per heavy atom. The quantitative estimate of drug-likeness (QED) is 0.208. The number of aromatic nitrogens is 2. The highest BCUT2D eigenvalue weighted by Crippen LogP contribution is 2.31. The van der Waals surface area contributed by atoms with E-state index in [2.05, 4.69) is 10.9 Å². The van der Waals surface area contributed by atoms with Gasteiger partial charge in [-0.25, -0.2) is 4.98 Å². The van der Waals surface area contributed by atoms with Crippen LogP contribution in [0.1, 0.15) is 32.0 Å². The first-order valence-electron chi connectivity index (χ1n) is 13.3. The molecule has 0 fully saturated rings. The molecule has 0 unspecified atom stereocenters. The summed E-state index contributed by atoms with van der Waals surface area (Å²) in [6, 6.07) is 24.9. The smallest absolute Gasteiger partial charge is 0.270 e. The number of para-hydroxylation sites is 1. The van der Waals surface area contributed by atoms with Gasteiger partial charge in [-0.2, -0.15) is 0 Å². The molecule has 43 heavy (non-hydrogen) atoms. The highest BCUT2D eigenvalue weighted by atomic mass is 35.5. The Morgan fingerprint density at radius 2 is 1.72 bits per heavy atom. The predicted molar refractivity (Wildman–Crippen MR) is 169 cm³/mol. The fourth-order valence-electron chi connectivity index (χ4n) is 5.11. The number of hydrazine groups is 1. The Bertz CT molecular complexity index is 2020. The van der Waals surface area contributed by atoms with Crippen LogP contribution in [-0.2, 0) is 11.2 Å². The lowest BCUT2D eigenvalue weighted by molar-refractivity contribution is -0.121. The summed E-state index contributed by atoms with van der Waals surface area (Å²) in [5.41, 5.74) is 9.17. The first-order chi connectivity index (χ1) is 20.8. The predicted octanol–water partition coefficient (Wildman–Crippen LogP) is 6.58. The number of methoxy groups -OCH3 is 1. The average molecular weight is 609 g/mol. The lowest BCUT2D eigenvalue weighted by Gasteiger charge is -2.11. The zero-order valence-electron chi connectivity index (χ0n) is 23.2. The van der Waals surface area contributed by atoms with Gasteiger partial charge in [-0.15, -0.1) is 11.3 Å². The third-order valence-corrected chi connectivity index (χ3v) is 8.37. The number of carbonyl (C=O) groups excluding carboxylic acids is 3. The van der Waals surface area contributed by atoms with Gasteiger partial charge in [0.25, 0.3) is 11.8 Å². The first-order valence-corrected chi connectivity index (χ1v) is 14.6. The third kappa shape index (κ3) is 5.48. The number of ether oxygens (including phenoxy) is 1. The number of hydrogen-bond donors (Lipinski definition) is 2. The zero-order chi connectivity index (χ0) is 30.1. The van der Waals surface area contributed by atoms with Gasteiger partial charge in [-0.3, -0.25) is 29.8 Å². The molecule has 2 N–H and O–H groups in total. The van der Waals surface area contributed by atoms with Crippen LogP contribution < -0.4 is 15.6 Å². The van der Waals surface area contributed by atoms with E-state index >= 15 is 0 Å². The van der Waals surface area contributed by atoms with Crippen LogP contribution in [0.2, 0.25) is 5.02 Å². The van der Waals surface area contributed by atoms with E-state index < -0.39 is 11.8 Å². The fourth-order valence-corrected chi connectivity index (χ4v) is 5.92. The van der Waals surface area contributed by atoms with Crippen LogP contribution in [0.5, 0.6) is 5.75 Å². The van der Waals surface area contributed by atoms with Gasteiger partial charge in [0.2, 0.25) is 5.91 Å². The third-order valence-electron chi connectivity index (χ3n) is 7.22. The normalized spacial score (nSPS) is 11.0. The van der Waals surface area contributed by atoms with Crippen LogP contribution in [0.4, 0.5) is 0 Å². The molecule has 0 bridgehead atoms. The second-order valence-electron chi connectivity index (χ2n) is 9.82. The summed E-state index contributed by atoms with van der Waals surface area (Å²) in [6.45, 7) is 1.79. The van der Waals surface area contributed by atoms with E-state index in [-0.39, 0.29) is 12.3 Å². The lowest BCUT2D eigenvalue weighted by Crippen LogP contribution is -2.42. The fraction of sp³-hybridized carbons (Fsp3) is 0.0909. The number of benzene rings is 3. The standard InChI is InChI=1S/C33H25ClN4O4S/c1-19-24(25-16-22(42-2)13-14-29(25)38(19)33(41)20-9-11-21(34)12-10-20)18-31(39)36-37-32(40)26-17-28(30-8-5-15-43-30)35-27-7-4-3-6-23(26)27/h3-17H,18H2,1-2H3,(H,36,39)(H,37,40). The molecule has 3 heterocycles. The second kappa shape index (κ2) is 11.7. The summed E-state index contributed by atoms with van der Waals surface area (Å²) in [7, 11) is 1.55. The van der Waals surface area contributed by atoms with Crippen molar-refractivity contribution in [3.63, 3.8) is 0 Å². The number of carbonyl (C=O) groups is 3. The van der Waals surface area contributed by atoms with Crippen molar-refractivity contribution in [2.75, 3.05) is 7.11 Å². The topological polar surface area (TPSA) is 102 Å². The number of nitrogens with zero attached hydrogens (tertiary/aromatic N) is 2. The van der Waals surface area contributed by atoms with E-state index in [1.807, 2.05) is 41.8 Å². The summed E-state index contributed by atoms with van der Waals surface area (Å²) >= 11 is 7.55. The van der Waals surface area contributed by atoms with Crippen LogP contribution in [0.3, 0.4) is 0 Å². The number of thiophene rings is 1. The molecule has 10 heteroatoms. The molecule has 214 valence electrons. The SMILES string of the molecule is COc1ccc2c(c1)c(CC(=O)NNC(=O)c1cc(-c3cccs3)nc3ccccc13)c(C)n2C(=O)c1ccc(Cl)cc1. The maximum absolute atomic E-state index is 13.6. The van der Waals surface area contributed by atoms with Crippen molar-refractivity contribution >= 4 is 62.5 Å². The van der Waals surface area contributed by atoms with Crippen LogP contribution >= 0.6 is 22.9 Å². The van der Waals surface area contributed by atoms with E-state index in [0.717, 1.165) is 4.88 Å². The Morgan fingerprint density at radius 1 is 0.930 bits per heavy atom. The number of halogens is 1. The van der Waals surface area contributed by atoms with Crippen molar-refractivity contribution in [2.45, 2.75) is 13.3 Å². The van der Waals surface area contributed by atoms with E-state index in [1.54, 1.807) is 67.1 Å². The molecular weight excluding hydrogens is 584 g/mol. The first kappa shape index (κ1) is 28.1. The van der Waals surface area contributed by atoms with Crippen LogP contribution in [0.25, 0.3) is 32.4 Å². The summed E-state index contributed by atoms with van der Waals surface area (Å²) in [5, 5.41) is 3.84. The van der Waals surface area contributed by atoms with Gasteiger partial charge in [-0.05, 0) is 78.5 Å². The number of pyridine rings is 1. The number of nitrogens with one attached hydrogen (secondary N) is 2. The van der Waals surface area contributed by atoms with Gasteiger partial charge in [0.05, 0.1) is 40.7 Å². The molecule has 0 spiro atoms. The molecule has 0 saturated carbocycles. The minimum Gasteiger partial charge on any atom is -0.497 e. The number of amides is 2. The molecule has 0 aliphatic heterocycles. The molecule has 8 nitrogen and oxygen atoms in total. The maximum atomic E-state index is 13.6. The number of rotatable bonds is 6. The number of hydrogen-bond acceptors (Lipinski definition) is 6. The molecule has 6 aromatic rings. The van der Waals surface area contributed by atoms with Gasteiger partial charge < -0.3 is 4.74 Å². The average Bonchev–Trinajstić information content (AvgIpc) is 3.66. The van der Waals surface area contributed by atoms with E-state index in [1.165, 1.54) is 11.3 Å². The molecule has 0 aliphatic rings. The minimum atomic E-state index is -0.469. The van der Waals surface area contributed by atoms with Crippen molar-refractivity contribution in [3.8, 4) is 16.3 Å². The van der Waals surface area contributed by atoms with Crippen LogP contribution in [0, 0.1) is 6.92 Å². The van der Waals surface area contributed by atoms with Crippen molar-refractivity contribution in [1.29, 1.82) is 0 Å². The van der Waals surface area contributed by atoms with Crippen LogP contribution in [0.15, 0.2) is 90.3 Å². The Labute approximate surface area is 255 Å². The van der Waals surface area contributed by atoms with Gasteiger partial charge >= 0.3 is 0 Å². The summed E-state index contributed by atoms with van der Waals surface area (Å²) in [6.07, 6.45) is -0.0891. The van der Waals surface area contributed by atoms with E-state index in [9.17, 15) is 14.4 Å². The molecule has 2 amide bonds. The maximum Gasteiger partial charge on any atom is 0.270 e. The Balaban J connectivity index is 1.28. The molecule has 0 aliphatic carbocycles. The Hall–Kier alpha value is -4.99. The van der Waals surface area contributed by atoms with Gasteiger partial charge in [0.1, 0.15) is 5.75 Å². The van der Waals surface area contributed by atoms with Gasteiger partial charge in [0.15, 0.2) is 0 Å². The highest BCUT2D eigenvalue weighted by Gasteiger charge is 2.23. The van der Waals surface area contributed by atoms with Crippen molar-refractivity contribution in [3.05, 3.63) is 118 Å².